The van der Waals surface area contributed by atoms with E-state index in [0.29, 0.717) is 12.1 Å². The van der Waals surface area contributed by atoms with Crippen LogP contribution in [0.25, 0.3) is 0 Å². The highest BCUT2D eigenvalue weighted by molar-refractivity contribution is 14.0. The molecule has 24 heavy (non-hydrogen) atoms. The molecule has 0 spiro atoms. The van der Waals surface area contributed by atoms with Gasteiger partial charge in [-0.25, -0.2) is 0 Å². The number of benzene rings is 1. The van der Waals surface area contributed by atoms with E-state index in [4.69, 9.17) is 5.73 Å². The molecule has 2 rings (SSSR count). The van der Waals surface area contributed by atoms with E-state index in [0.717, 1.165) is 31.0 Å². The Morgan fingerprint density at radius 2 is 2.04 bits per heavy atom. The number of aliphatic imine (C=N–C) groups is 1. The number of nitrogens with zero attached hydrogens (tertiary/aromatic N) is 3. The molecule has 0 radical (unpaired) electrons. The second kappa shape index (κ2) is 10.6. The van der Waals surface area contributed by atoms with Gasteiger partial charge in [0.15, 0.2) is 5.96 Å². The summed E-state index contributed by atoms with van der Waals surface area (Å²) in [5.74, 6) is 0.323. The van der Waals surface area contributed by atoms with Gasteiger partial charge in [0, 0.05) is 44.6 Å². The van der Waals surface area contributed by atoms with E-state index in [1.54, 1.807) is 25.4 Å². The molecule has 0 aliphatic rings. The number of hydrogen-bond donors (Lipinski definition) is 3. The van der Waals surface area contributed by atoms with Gasteiger partial charge in [-0.3, -0.25) is 14.5 Å². The quantitative estimate of drug-likeness (QED) is 0.261. The molecular formula is C16H23IN6O. The fraction of sp³-hybridized carbons (Fsp3) is 0.312. The fourth-order valence-electron chi connectivity index (χ4n) is 2.07. The average molecular weight is 442 g/mol. The Morgan fingerprint density at radius 1 is 1.29 bits per heavy atom. The maximum atomic E-state index is 11.0. The molecule has 130 valence electrons. The molecular weight excluding hydrogens is 419 g/mol. The third-order valence-electron chi connectivity index (χ3n) is 3.34. The summed E-state index contributed by atoms with van der Waals surface area (Å²) >= 11 is 0. The van der Waals surface area contributed by atoms with E-state index in [1.165, 1.54) is 0 Å². The van der Waals surface area contributed by atoms with Crippen LogP contribution in [0.5, 0.6) is 0 Å². The summed E-state index contributed by atoms with van der Waals surface area (Å²) in [7, 11) is 1.74. The van der Waals surface area contributed by atoms with Gasteiger partial charge in [-0.15, -0.1) is 24.0 Å². The highest BCUT2D eigenvalue weighted by atomic mass is 127. The van der Waals surface area contributed by atoms with Gasteiger partial charge in [-0.05, 0) is 30.2 Å². The van der Waals surface area contributed by atoms with Crippen molar-refractivity contribution in [2.45, 2.75) is 19.5 Å². The first-order valence-electron chi connectivity index (χ1n) is 7.49. The van der Waals surface area contributed by atoms with Gasteiger partial charge < -0.3 is 16.4 Å². The van der Waals surface area contributed by atoms with Crippen molar-refractivity contribution in [3.8, 4) is 0 Å². The topological polar surface area (TPSA) is 97.3 Å². The van der Waals surface area contributed by atoms with Crippen molar-refractivity contribution in [2.75, 3.05) is 13.6 Å². The average Bonchev–Trinajstić information content (AvgIpc) is 3.08. The molecule has 4 N–H and O–H groups in total. The molecule has 0 aliphatic heterocycles. The van der Waals surface area contributed by atoms with Crippen LogP contribution in [0.2, 0.25) is 0 Å². The molecule has 1 aromatic heterocycles. The summed E-state index contributed by atoms with van der Waals surface area (Å²) in [6.45, 7) is 2.30. The molecule has 1 amide bonds. The van der Waals surface area contributed by atoms with Crippen LogP contribution >= 0.6 is 24.0 Å². The predicted molar refractivity (Wildman–Crippen MR) is 105 cm³/mol. The molecule has 1 heterocycles. The zero-order valence-electron chi connectivity index (χ0n) is 13.6. The van der Waals surface area contributed by atoms with Crippen molar-refractivity contribution in [2.24, 2.45) is 10.7 Å². The number of nitrogens with one attached hydrogen (secondary N) is 2. The van der Waals surface area contributed by atoms with E-state index < -0.39 is 5.91 Å². The Morgan fingerprint density at radius 3 is 2.62 bits per heavy atom. The number of carbonyl (C=O) groups excluding carboxylic acids is 1. The van der Waals surface area contributed by atoms with Gasteiger partial charge in [0.05, 0.1) is 0 Å². The number of halogens is 1. The first-order valence-corrected chi connectivity index (χ1v) is 7.49. The first-order chi connectivity index (χ1) is 11.2. The van der Waals surface area contributed by atoms with Gasteiger partial charge in [0.2, 0.25) is 5.91 Å². The maximum Gasteiger partial charge on any atom is 0.248 e. The SMILES string of the molecule is CN=C(NCCCn1cccn1)NCc1ccc(C(N)=O)cc1.I. The third kappa shape index (κ3) is 6.57. The van der Waals surface area contributed by atoms with Crippen LogP contribution in [0, 0.1) is 0 Å². The predicted octanol–water partition coefficient (Wildman–Crippen LogP) is 1.36. The van der Waals surface area contributed by atoms with E-state index in [1.807, 2.05) is 29.1 Å². The fourth-order valence-corrected chi connectivity index (χ4v) is 2.07. The number of nitrogens with two attached hydrogens (primary N) is 1. The van der Waals surface area contributed by atoms with Crippen LogP contribution in [0.15, 0.2) is 47.7 Å². The summed E-state index contributed by atoms with van der Waals surface area (Å²) in [5.41, 5.74) is 6.78. The number of hydrogen-bond acceptors (Lipinski definition) is 3. The lowest BCUT2D eigenvalue weighted by atomic mass is 10.1. The lowest BCUT2D eigenvalue weighted by molar-refractivity contribution is 0.100. The van der Waals surface area contributed by atoms with Crippen LogP contribution in [0.3, 0.4) is 0 Å². The smallest absolute Gasteiger partial charge is 0.248 e. The third-order valence-corrected chi connectivity index (χ3v) is 3.34. The van der Waals surface area contributed by atoms with E-state index in [-0.39, 0.29) is 24.0 Å². The van der Waals surface area contributed by atoms with Crippen molar-refractivity contribution < 1.29 is 4.79 Å². The van der Waals surface area contributed by atoms with Gasteiger partial charge in [-0.1, -0.05) is 12.1 Å². The first kappa shape index (κ1) is 19.9. The monoisotopic (exact) mass is 442 g/mol. The van der Waals surface area contributed by atoms with E-state index >= 15 is 0 Å². The molecule has 0 aliphatic carbocycles. The molecule has 1 aromatic carbocycles. The molecule has 7 nitrogen and oxygen atoms in total. The highest BCUT2D eigenvalue weighted by Gasteiger charge is 2.01. The van der Waals surface area contributed by atoms with Crippen LogP contribution < -0.4 is 16.4 Å². The van der Waals surface area contributed by atoms with Crippen LogP contribution in [-0.4, -0.2) is 35.2 Å². The number of aryl methyl sites for hydroxylation is 1. The van der Waals surface area contributed by atoms with E-state index in [9.17, 15) is 4.79 Å². The van der Waals surface area contributed by atoms with Crippen LogP contribution in [-0.2, 0) is 13.1 Å². The Bertz CT molecular complexity index is 639. The molecule has 2 aromatic rings. The van der Waals surface area contributed by atoms with Crippen molar-refractivity contribution in [1.29, 1.82) is 0 Å². The summed E-state index contributed by atoms with van der Waals surface area (Å²) < 4.78 is 1.90. The standard InChI is InChI=1S/C16H22N6O.HI/c1-18-16(19-8-2-10-22-11-3-9-21-22)20-12-13-4-6-14(7-5-13)15(17)23;/h3-7,9,11H,2,8,10,12H2,1H3,(H2,17,23)(H2,18,19,20);1H. The molecule has 0 fully saturated rings. The molecule has 0 bridgehead atoms. The zero-order valence-corrected chi connectivity index (χ0v) is 15.9. The molecule has 0 saturated carbocycles. The summed E-state index contributed by atoms with van der Waals surface area (Å²) in [6, 6.07) is 9.10. The molecule has 8 heteroatoms. The van der Waals surface area contributed by atoms with Gasteiger partial charge in [0.1, 0.15) is 0 Å². The highest BCUT2D eigenvalue weighted by Crippen LogP contribution is 2.03. The van der Waals surface area contributed by atoms with Crippen molar-refractivity contribution in [3.05, 3.63) is 53.9 Å². The Kier molecular flexibility index (Phi) is 8.84. The Hall–Kier alpha value is -2.10. The van der Waals surface area contributed by atoms with E-state index in [2.05, 4.69) is 20.7 Å². The number of primary amides is 1. The minimum absolute atomic E-state index is 0. The molecule has 0 atom stereocenters. The number of carbonyl (C=O) groups is 1. The maximum absolute atomic E-state index is 11.0. The molecule has 0 saturated heterocycles. The number of aromatic nitrogens is 2. The van der Waals surface area contributed by atoms with Gasteiger partial charge in [0.25, 0.3) is 0 Å². The second-order valence-electron chi connectivity index (χ2n) is 5.04. The van der Waals surface area contributed by atoms with Gasteiger partial charge in [-0.2, -0.15) is 5.10 Å². The summed E-state index contributed by atoms with van der Waals surface area (Å²) in [6.07, 6.45) is 4.68. The van der Waals surface area contributed by atoms with Crippen LogP contribution in [0.4, 0.5) is 0 Å². The lowest BCUT2D eigenvalue weighted by Gasteiger charge is -2.12. The lowest BCUT2D eigenvalue weighted by Crippen LogP contribution is -2.37. The normalized spacial score (nSPS) is 10.8. The van der Waals surface area contributed by atoms with Crippen LogP contribution in [0.1, 0.15) is 22.3 Å². The van der Waals surface area contributed by atoms with Crippen molar-refractivity contribution in [3.63, 3.8) is 0 Å². The largest absolute Gasteiger partial charge is 0.366 e. The molecule has 0 unspecified atom stereocenters. The summed E-state index contributed by atoms with van der Waals surface area (Å²) in [5, 5.41) is 10.6. The Balaban J connectivity index is 0.00000288. The van der Waals surface area contributed by atoms with Crippen molar-refractivity contribution in [1.82, 2.24) is 20.4 Å². The summed E-state index contributed by atoms with van der Waals surface area (Å²) in [4.78, 5) is 15.2. The number of guanidine groups is 1. The minimum atomic E-state index is -0.417. The number of rotatable bonds is 7. The van der Waals surface area contributed by atoms with Crippen molar-refractivity contribution >= 4 is 35.8 Å². The Labute approximate surface area is 158 Å². The van der Waals surface area contributed by atoms with Gasteiger partial charge >= 0.3 is 0 Å². The zero-order chi connectivity index (χ0) is 16.5. The second-order valence-corrected chi connectivity index (χ2v) is 5.04. The number of amides is 1. The minimum Gasteiger partial charge on any atom is -0.366 e.